The average molecular weight is 415 g/mol. The molecular weight excluding hydrogens is 388 g/mol. The van der Waals surface area contributed by atoms with Gasteiger partial charge in [0.15, 0.2) is 0 Å². The van der Waals surface area contributed by atoms with Crippen molar-refractivity contribution in [2.45, 2.75) is 33.1 Å². The largest absolute Gasteiger partial charge is 0.397 e. The highest BCUT2D eigenvalue weighted by Gasteiger charge is 2.16. The van der Waals surface area contributed by atoms with E-state index in [1.807, 2.05) is 42.5 Å². The number of benzene rings is 3. The van der Waals surface area contributed by atoms with Crippen LogP contribution in [0, 0.1) is 0 Å². The van der Waals surface area contributed by atoms with Crippen LogP contribution in [0.4, 0.5) is 34.1 Å². The fraction of sp³-hybridized carbons (Fsp3) is 0.208. The zero-order chi connectivity index (χ0) is 22.4. The van der Waals surface area contributed by atoms with Crippen LogP contribution in [0.2, 0.25) is 0 Å². The Bertz CT molecular complexity index is 1140. The molecule has 0 aliphatic rings. The van der Waals surface area contributed by atoms with Gasteiger partial charge >= 0.3 is 0 Å². The van der Waals surface area contributed by atoms with E-state index in [2.05, 4.69) is 46.5 Å². The lowest BCUT2D eigenvalue weighted by molar-refractivity contribution is -0.114. The molecule has 31 heavy (non-hydrogen) atoms. The maximum atomic E-state index is 11.6. The lowest BCUT2D eigenvalue weighted by Crippen LogP contribution is -2.12. The van der Waals surface area contributed by atoms with Crippen molar-refractivity contribution in [2.24, 2.45) is 20.5 Å². The highest BCUT2D eigenvalue weighted by Crippen LogP contribution is 2.35. The number of carbonyl (C=O) groups is 1. The summed E-state index contributed by atoms with van der Waals surface area (Å²) in [5.74, 6) is -0.172. The van der Waals surface area contributed by atoms with Crippen LogP contribution < -0.4 is 11.1 Å². The SMILES string of the molecule is CC(=O)Nc1ccc(C(C)(C)C)cc1N=Nc1ccccc1N=Nc1ccccc1N. The highest BCUT2D eigenvalue weighted by molar-refractivity contribution is 5.92. The summed E-state index contributed by atoms with van der Waals surface area (Å²) in [5, 5.41) is 20.2. The predicted octanol–water partition coefficient (Wildman–Crippen LogP) is 7.36. The molecule has 0 saturated heterocycles. The van der Waals surface area contributed by atoms with E-state index in [0.29, 0.717) is 34.1 Å². The summed E-state index contributed by atoms with van der Waals surface area (Å²) < 4.78 is 0. The number of para-hydroxylation sites is 1. The second kappa shape index (κ2) is 9.30. The number of rotatable bonds is 5. The number of nitrogens with two attached hydrogens (primary N) is 1. The minimum Gasteiger partial charge on any atom is -0.397 e. The maximum absolute atomic E-state index is 11.6. The number of amides is 1. The fourth-order valence-corrected chi connectivity index (χ4v) is 2.80. The van der Waals surface area contributed by atoms with Gasteiger partial charge in [0, 0.05) is 6.92 Å². The Kier molecular flexibility index (Phi) is 6.55. The number of carbonyl (C=O) groups excluding carboxylic acids is 1. The van der Waals surface area contributed by atoms with Crippen molar-refractivity contribution in [1.82, 2.24) is 0 Å². The van der Waals surface area contributed by atoms with Crippen molar-refractivity contribution in [3.8, 4) is 0 Å². The molecule has 3 rings (SSSR count). The zero-order valence-corrected chi connectivity index (χ0v) is 18.1. The second-order valence-corrected chi connectivity index (χ2v) is 8.11. The first kappa shape index (κ1) is 21.8. The minimum atomic E-state index is -0.172. The summed E-state index contributed by atoms with van der Waals surface area (Å²) in [5.41, 5.74) is 10.4. The Hall–Kier alpha value is -3.87. The van der Waals surface area contributed by atoms with Gasteiger partial charge in [-0.05, 0) is 47.4 Å². The normalized spacial score (nSPS) is 11.9. The smallest absolute Gasteiger partial charge is 0.221 e. The molecule has 0 fully saturated rings. The molecule has 0 aliphatic carbocycles. The average Bonchev–Trinajstić information content (AvgIpc) is 2.72. The number of nitrogens with one attached hydrogen (secondary N) is 1. The summed E-state index contributed by atoms with van der Waals surface area (Å²) in [7, 11) is 0. The molecule has 0 heterocycles. The maximum Gasteiger partial charge on any atom is 0.221 e. The third-order valence-corrected chi connectivity index (χ3v) is 4.52. The van der Waals surface area contributed by atoms with Crippen molar-refractivity contribution >= 4 is 40.0 Å². The summed E-state index contributed by atoms with van der Waals surface area (Å²) in [6, 6.07) is 20.3. The Morgan fingerprint density at radius 2 is 1.29 bits per heavy atom. The van der Waals surface area contributed by atoms with Crippen LogP contribution in [0.15, 0.2) is 87.2 Å². The van der Waals surface area contributed by atoms with Gasteiger partial charge in [-0.15, -0.1) is 20.5 Å². The van der Waals surface area contributed by atoms with E-state index in [-0.39, 0.29) is 11.3 Å². The molecule has 3 aromatic carbocycles. The molecular formula is C24H26N6O. The van der Waals surface area contributed by atoms with Crippen molar-refractivity contribution in [1.29, 1.82) is 0 Å². The Morgan fingerprint density at radius 1 is 0.774 bits per heavy atom. The van der Waals surface area contributed by atoms with Crippen LogP contribution in [-0.4, -0.2) is 5.91 Å². The van der Waals surface area contributed by atoms with Gasteiger partial charge in [-0.2, -0.15) is 0 Å². The first-order valence-corrected chi connectivity index (χ1v) is 9.93. The van der Waals surface area contributed by atoms with Gasteiger partial charge < -0.3 is 11.1 Å². The molecule has 3 aromatic rings. The molecule has 0 aromatic heterocycles. The summed E-state index contributed by atoms with van der Waals surface area (Å²) in [6.07, 6.45) is 0. The van der Waals surface area contributed by atoms with Crippen LogP contribution >= 0.6 is 0 Å². The number of nitrogen functional groups attached to an aromatic ring is 1. The van der Waals surface area contributed by atoms with Gasteiger partial charge in [-0.1, -0.05) is 51.1 Å². The van der Waals surface area contributed by atoms with Gasteiger partial charge in [0.25, 0.3) is 0 Å². The van der Waals surface area contributed by atoms with Crippen LogP contribution in [0.1, 0.15) is 33.3 Å². The van der Waals surface area contributed by atoms with Gasteiger partial charge in [-0.3, -0.25) is 4.79 Å². The number of anilines is 2. The number of azo groups is 2. The summed E-state index contributed by atoms with van der Waals surface area (Å²) in [6.45, 7) is 7.81. The van der Waals surface area contributed by atoms with E-state index in [1.165, 1.54) is 6.92 Å². The molecule has 7 heteroatoms. The third kappa shape index (κ3) is 5.82. The standard InChI is InChI=1S/C24H26N6O/c1-16(31)26-20-14-13-17(24(2,3)4)15-23(20)30-29-22-12-8-7-11-21(22)28-27-19-10-6-5-9-18(19)25/h5-15H,25H2,1-4H3,(H,26,31). The van der Waals surface area contributed by atoms with Crippen molar-refractivity contribution in [2.75, 3.05) is 11.1 Å². The van der Waals surface area contributed by atoms with Gasteiger partial charge in [0.2, 0.25) is 5.91 Å². The molecule has 0 aliphatic heterocycles. The molecule has 7 nitrogen and oxygen atoms in total. The minimum absolute atomic E-state index is 0.0687. The molecule has 0 spiro atoms. The molecule has 0 radical (unpaired) electrons. The fourth-order valence-electron chi connectivity index (χ4n) is 2.80. The number of hydrogen-bond donors (Lipinski definition) is 2. The van der Waals surface area contributed by atoms with E-state index in [1.54, 1.807) is 24.3 Å². The van der Waals surface area contributed by atoms with E-state index < -0.39 is 0 Å². The highest BCUT2D eigenvalue weighted by atomic mass is 16.1. The monoisotopic (exact) mass is 414 g/mol. The molecule has 0 unspecified atom stereocenters. The molecule has 1 amide bonds. The topological polar surface area (TPSA) is 105 Å². The van der Waals surface area contributed by atoms with Crippen LogP contribution in [0.25, 0.3) is 0 Å². The van der Waals surface area contributed by atoms with Crippen molar-refractivity contribution in [3.05, 3.63) is 72.3 Å². The van der Waals surface area contributed by atoms with Gasteiger partial charge in [0.05, 0.1) is 11.4 Å². The molecule has 0 bridgehead atoms. The lowest BCUT2D eigenvalue weighted by Gasteiger charge is -2.20. The van der Waals surface area contributed by atoms with E-state index >= 15 is 0 Å². The first-order chi connectivity index (χ1) is 14.7. The predicted molar refractivity (Wildman–Crippen MR) is 125 cm³/mol. The van der Waals surface area contributed by atoms with Gasteiger partial charge in [-0.25, -0.2) is 0 Å². The van der Waals surface area contributed by atoms with Crippen molar-refractivity contribution in [3.63, 3.8) is 0 Å². The first-order valence-electron chi connectivity index (χ1n) is 9.93. The lowest BCUT2D eigenvalue weighted by atomic mass is 9.86. The molecule has 0 atom stereocenters. The quantitative estimate of drug-likeness (QED) is 0.336. The number of nitrogens with zero attached hydrogens (tertiary/aromatic N) is 4. The number of hydrogen-bond acceptors (Lipinski definition) is 6. The van der Waals surface area contributed by atoms with E-state index in [4.69, 9.17) is 5.73 Å². The van der Waals surface area contributed by atoms with Crippen LogP contribution in [-0.2, 0) is 10.2 Å². The third-order valence-electron chi connectivity index (χ3n) is 4.52. The Balaban J connectivity index is 1.97. The Labute approximate surface area is 182 Å². The zero-order valence-electron chi connectivity index (χ0n) is 18.1. The van der Waals surface area contributed by atoms with Crippen LogP contribution in [0.3, 0.4) is 0 Å². The van der Waals surface area contributed by atoms with Crippen molar-refractivity contribution < 1.29 is 4.79 Å². The van der Waals surface area contributed by atoms with E-state index in [0.717, 1.165) is 5.56 Å². The molecule has 0 saturated carbocycles. The van der Waals surface area contributed by atoms with Gasteiger partial charge in [0.1, 0.15) is 22.7 Å². The summed E-state index contributed by atoms with van der Waals surface area (Å²) >= 11 is 0. The van der Waals surface area contributed by atoms with Crippen LogP contribution in [0.5, 0.6) is 0 Å². The second-order valence-electron chi connectivity index (χ2n) is 8.11. The Morgan fingerprint density at radius 3 is 1.84 bits per heavy atom. The molecule has 158 valence electrons. The summed E-state index contributed by atoms with van der Waals surface area (Å²) in [4.78, 5) is 11.6. The van der Waals surface area contributed by atoms with E-state index in [9.17, 15) is 4.79 Å². The molecule has 3 N–H and O–H groups in total.